The monoisotopic (exact) mass is 472 g/mol. The maximum absolute atomic E-state index is 13.1. The van der Waals surface area contributed by atoms with Crippen LogP contribution in [-0.2, 0) is 16.6 Å². The summed E-state index contributed by atoms with van der Waals surface area (Å²) >= 11 is 6.25. The molecule has 4 rings (SSSR count). The van der Waals surface area contributed by atoms with E-state index in [1.807, 2.05) is 19.1 Å². The number of nitrogens with zero attached hydrogens (tertiary/aromatic N) is 1. The van der Waals surface area contributed by atoms with Gasteiger partial charge in [0.25, 0.3) is 15.9 Å². The van der Waals surface area contributed by atoms with Crippen molar-refractivity contribution in [3.05, 3.63) is 82.4 Å². The van der Waals surface area contributed by atoms with Crippen LogP contribution in [0.25, 0.3) is 0 Å². The minimum Gasteiger partial charge on any atom is -0.454 e. The van der Waals surface area contributed by atoms with Gasteiger partial charge in [-0.25, -0.2) is 8.42 Å². The van der Waals surface area contributed by atoms with Gasteiger partial charge in [-0.15, -0.1) is 0 Å². The van der Waals surface area contributed by atoms with Gasteiger partial charge in [0.2, 0.25) is 6.79 Å². The minimum absolute atomic E-state index is 0.0526. The fourth-order valence-electron chi connectivity index (χ4n) is 3.35. The Balaban J connectivity index is 1.55. The number of hydrogen-bond donors (Lipinski definition) is 1. The van der Waals surface area contributed by atoms with E-state index in [9.17, 15) is 13.2 Å². The van der Waals surface area contributed by atoms with Gasteiger partial charge >= 0.3 is 0 Å². The normalized spacial score (nSPS) is 12.5. The van der Waals surface area contributed by atoms with Crippen LogP contribution >= 0.6 is 11.6 Å². The van der Waals surface area contributed by atoms with E-state index in [2.05, 4.69) is 4.72 Å². The van der Waals surface area contributed by atoms with Crippen molar-refractivity contribution in [2.45, 2.75) is 18.4 Å². The second-order valence-electron chi connectivity index (χ2n) is 7.47. The molecule has 1 aliphatic heterocycles. The van der Waals surface area contributed by atoms with Crippen molar-refractivity contribution in [3.8, 4) is 11.5 Å². The third-order valence-corrected chi connectivity index (χ3v) is 6.66. The van der Waals surface area contributed by atoms with Crippen LogP contribution in [0.1, 0.15) is 21.5 Å². The quantitative estimate of drug-likeness (QED) is 0.573. The Bertz CT molecular complexity index is 1290. The number of nitrogens with one attached hydrogen (secondary N) is 1. The van der Waals surface area contributed by atoms with Gasteiger partial charge < -0.3 is 14.4 Å². The first-order valence-corrected chi connectivity index (χ1v) is 11.6. The third kappa shape index (κ3) is 4.66. The van der Waals surface area contributed by atoms with Crippen molar-refractivity contribution in [1.29, 1.82) is 0 Å². The summed E-state index contributed by atoms with van der Waals surface area (Å²) in [5, 5.41) is 0.169. The van der Waals surface area contributed by atoms with Gasteiger partial charge in [0, 0.05) is 19.3 Å². The van der Waals surface area contributed by atoms with Crippen LogP contribution in [0.2, 0.25) is 5.02 Å². The average Bonchev–Trinajstić information content (AvgIpc) is 3.21. The Hall–Kier alpha value is -3.23. The molecule has 3 aromatic carbocycles. The summed E-state index contributed by atoms with van der Waals surface area (Å²) in [6.07, 6.45) is 0. The molecule has 0 spiro atoms. The van der Waals surface area contributed by atoms with E-state index < -0.39 is 15.9 Å². The molecule has 166 valence electrons. The molecular weight excluding hydrogens is 452 g/mol. The highest BCUT2D eigenvalue weighted by molar-refractivity contribution is 7.92. The van der Waals surface area contributed by atoms with E-state index in [4.69, 9.17) is 21.1 Å². The molecule has 0 atom stereocenters. The lowest BCUT2D eigenvalue weighted by atomic mass is 10.1. The van der Waals surface area contributed by atoms with Crippen molar-refractivity contribution in [2.24, 2.45) is 0 Å². The average molecular weight is 473 g/mol. The highest BCUT2D eigenvalue weighted by Crippen LogP contribution is 2.33. The predicted molar refractivity (Wildman–Crippen MR) is 122 cm³/mol. The number of aryl methyl sites for hydroxylation is 1. The highest BCUT2D eigenvalue weighted by Gasteiger charge is 2.22. The van der Waals surface area contributed by atoms with E-state index in [1.54, 1.807) is 37.4 Å². The first kappa shape index (κ1) is 22.0. The summed E-state index contributed by atoms with van der Waals surface area (Å²) in [6, 6.07) is 16.5. The molecule has 0 fully saturated rings. The molecule has 9 heteroatoms. The number of hydrogen-bond acceptors (Lipinski definition) is 5. The topological polar surface area (TPSA) is 84.9 Å². The summed E-state index contributed by atoms with van der Waals surface area (Å²) in [5.41, 5.74) is 2.29. The van der Waals surface area contributed by atoms with Crippen molar-refractivity contribution in [2.75, 3.05) is 18.6 Å². The van der Waals surface area contributed by atoms with Crippen LogP contribution in [0.3, 0.4) is 0 Å². The molecule has 1 amide bonds. The molecule has 0 bridgehead atoms. The Morgan fingerprint density at radius 3 is 2.62 bits per heavy atom. The molecule has 0 aliphatic carbocycles. The Morgan fingerprint density at radius 1 is 1.06 bits per heavy atom. The maximum atomic E-state index is 13.1. The number of benzene rings is 3. The third-order valence-electron chi connectivity index (χ3n) is 4.95. The van der Waals surface area contributed by atoms with Crippen LogP contribution in [-0.4, -0.2) is 33.1 Å². The van der Waals surface area contributed by atoms with E-state index in [0.29, 0.717) is 17.2 Å². The van der Waals surface area contributed by atoms with E-state index in [1.165, 1.54) is 23.1 Å². The van der Waals surface area contributed by atoms with Crippen molar-refractivity contribution in [3.63, 3.8) is 0 Å². The largest absolute Gasteiger partial charge is 0.454 e. The molecular formula is C23H21ClN2O5S. The number of amides is 1. The summed E-state index contributed by atoms with van der Waals surface area (Å²) in [5.74, 6) is 0.877. The smallest absolute Gasteiger partial charge is 0.261 e. The number of carbonyl (C=O) groups excluding carboxylic acids is 1. The predicted octanol–water partition coefficient (Wildman–Crippen LogP) is 4.45. The molecule has 0 saturated heterocycles. The summed E-state index contributed by atoms with van der Waals surface area (Å²) in [7, 11) is -2.28. The number of ether oxygens (including phenoxy) is 2. The second-order valence-corrected chi connectivity index (χ2v) is 9.56. The molecule has 1 heterocycles. The zero-order valence-electron chi connectivity index (χ0n) is 17.5. The second kappa shape index (κ2) is 8.72. The molecule has 3 aromatic rings. The van der Waals surface area contributed by atoms with Crippen LogP contribution in [0.4, 0.5) is 5.69 Å². The molecule has 0 saturated carbocycles. The Kier molecular flexibility index (Phi) is 5.99. The highest BCUT2D eigenvalue weighted by atomic mass is 35.5. The van der Waals surface area contributed by atoms with Gasteiger partial charge in [-0.05, 0) is 60.5 Å². The number of sulfonamides is 1. The fourth-order valence-corrected chi connectivity index (χ4v) is 4.62. The van der Waals surface area contributed by atoms with Gasteiger partial charge in [0.15, 0.2) is 11.5 Å². The van der Waals surface area contributed by atoms with E-state index >= 15 is 0 Å². The lowest BCUT2D eigenvalue weighted by molar-refractivity contribution is 0.0785. The number of fused-ring (bicyclic) bond motifs is 1. The van der Waals surface area contributed by atoms with Gasteiger partial charge in [0.1, 0.15) is 0 Å². The van der Waals surface area contributed by atoms with Crippen LogP contribution < -0.4 is 14.2 Å². The van der Waals surface area contributed by atoms with Crippen LogP contribution in [0.15, 0.2) is 65.6 Å². The number of carbonyl (C=O) groups is 1. The maximum Gasteiger partial charge on any atom is 0.261 e. The first-order valence-electron chi connectivity index (χ1n) is 9.76. The summed E-state index contributed by atoms with van der Waals surface area (Å²) in [6.45, 7) is 2.32. The number of halogens is 1. The molecule has 1 N–H and O–H groups in total. The molecule has 0 radical (unpaired) electrons. The lowest BCUT2D eigenvalue weighted by Crippen LogP contribution is -2.27. The van der Waals surface area contributed by atoms with Crippen LogP contribution in [0, 0.1) is 6.92 Å². The molecule has 0 unspecified atom stereocenters. The fraction of sp³-hybridized carbons (Fsp3) is 0.174. The summed E-state index contributed by atoms with van der Waals surface area (Å²) < 4.78 is 38.9. The van der Waals surface area contributed by atoms with Gasteiger partial charge in [0.05, 0.1) is 15.5 Å². The van der Waals surface area contributed by atoms with Crippen molar-refractivity contribution >= 4 is 33.2 Å². The standard InChI is InChI=1S/C23H21ClN2O5S/c1-15-4-3-5-17(10-15)25-32(28,29)18-7-8-20(24)19(12-18)23(27)26(2)13-16-6-9-21-22(11-16)31-14-30-21/h3-12,25H,13-14H2,1-2H3. The SMILES string of the molecule is Cc1cccc(NS(=O)(=O)c2ccc(Cl)c(C(=O)N(C)Cc3ccc4c(c3)OCO4)c2)c1. The first-order chi connectivity index (χ1) is 15.2. The molecule has 1 aliphatic rings. The van der Waals surface area contributed by atoms with Crippen molar-refractivity contribution in [1.82, 2.24) is 4.90 Å². The molecule has 32 heavy (non-hydrogen) atoms. The number of anilines is 1. The molecule has 7 nitrogen and oxygen atoms in total. The molecule has 0 aromatic heterocycles. The van der Waals surface area contributed by atoms with Gasteiger partial charge in [-0.3, -0.25) is 9.52 Å². The van der Waals surface area contributed by atoms with E-state index in [0.717, 1.165) is 11.1 Å². The minimum atomic E-state index is -3.90. The van der Waals surface area contributed by atoms with Gasteiger partial charge in [-0.1, -0.05) is 29.8 Å². The summed E-state index contributed by atoms with van der Waals surface area (Å²) in [4.78, 5) is 14.5. The van der Waals surface area contributed by atoms with Crippen molar-refractivity contribution < 1.29 is 22.7 Å². The van der Waals surface area contributed by atoms with E-state index in [-0.39, 0.29) is 28.8 Å². The zero-order valence-corrected chi connectivity index (χ0v) is 19.0. The van der Waals surface area contributed by atoms with Crippen LogP contribution in [0.5, 0.6) is 11.5 Å². The zero-order chi connectivity index (χ0) is 22.9. The lowest BCUT2D eigenvalue weighted by Gasteiger charge is -2.19. The van der Waals surface area contributed by atoms with Gasteiger partial charge in [-0.2, -0.15) is 0 Å². The Morgan fingerprint density at radius 2 is 1.84 bits per heavy atom. The Labute approximate surface area is 191 Å². The number of rotatable bonds is 6.